The molecule has 1 aromatic carbocycles. The molecule has 19 heavy (non-hydrogen) atoms. The van der Waals surface area contributed by atoms with Crippen molar-refractivity contribution in [3.63, 3.8) is 0 Å². The van der Waals surface area contributed by atoms with Crippen LogP contribution in [0, 0.1) is 0 Å². The standard InChI is InChI=1S/C13H12F3NO2/c14-13(15,16)10-4-1-3-9(7-10)12(19)17-6-2-5-11(18)8-17/h1,3-4,7H,2,5-6,8H2. The maximum atomic E-state index is 12.6. The Morgan fingerprint density at radius 1 is 1.26 bits per heavy atom. The molecule has 1 aliphatic rings. The molecular weight excluding hydrogens is 259 g/mol. The molecule has 1 aliphatic heterocycles. The zero-order valence-electron chi connectivity index (χ0n) is 10.0. The quantitative estimate of drug-likeness (QED) is 0.787. The van der Waals surface area contributed by atoms with E-state index in [0.29, 0.717) is 19.4 Å². The number of alkyl halides is 3. The summed E-state index contributed by atoms with van der Waals surface area (Å²) in [5, 5.41) is 0. The highest BCUT2D eigenvalue weighted by Crippen LogP contribution is 2.29. The van der Waals surface area contributed by atoms with Gasteiger partial charge in [-0.2, -0.15) is 13.2 Å². The molecular formula is C13H12F3NO2. The van der Waals surface area contributed by atoms with Gasteiger partial charge in [0.2, 0.25) is 0 Å². The molecule has 0 atom stereocenters. The lowest BCUT2D eigenvalue weighted by molar-refractivity contribution is -0.137. The van der Waals surface area contributed by atoms with Crippen molar-refractivity contribution < 1.29 is 22.8 Å². The van der Waals surface area contributed by atoms with Crippen molar-refractivity contribution in [1.29, 1.82) is 0 Å². The van der Waals surface area contributed by atoms with Crippen molar-refractivity contribution in [3.8, 4) is 0 Å². The van der Waals surface area contributed by atoms with E-state index in [4.69, 9.17) is 0 Å². The average Bonchev–Trinajstić information content (AvgIpc) is 2.37. The van der Waals surface area contributed by atoms with Crippen molar-refractivity contribution in [2.75, 3.05) is 13.1 Å². The highest BCUT2D eigenvalue weighted by atomic mass is 19.4. The summed E-state index contributed by atoms with van der Waals surface area (Å²) in [6, 6.07) is 4.26. The van der Waals surface area contributed by atoms with Gasteiger partial charge in [-0.25, -0.2) is 0 Å². The number of carbonyl (C=O) groups is 2. The first kappa shape index (κ1) is 13.6. The van der Waals surface area contributed by atoms with Crippen LogP contribution in [-0.4, -0.2) is 29.7 Å². The molecule has 0 aliphatic carbocycles. The first-order chi connectivity index (χ1) is 8.88. The van der Waals surface area contributed by atoms with Crippen LogP contribution >= 0.6 is 0 Å². The van der Waals surface area contributed by atoms with Crippen LogP contribution in [0.4, 0.5) is 13.2 Å². The topological polar surface area (TPSA) is 37.4 Å². The summed E-state index contributed by atoms with van der Waals surface area (Å²) < 4.78 is 37.7. The van der Waals surface area contributed by atoms with E-state index in [1.807, 2.05) is 0 Å². The Morgan fingerprint density at radius 2 is 2.00 bits per heavy atom. The fourth-order valence-electron chi connectivity index (χ4n) is 2.02. The lowest BCUT2D eigenvalue weighted by Gasteiger charge is -2.26. The number of hydrogen-bond donors (Lipinski definition) is 0. The highest BCUT2D eigenvalue weighted by molar-refractivity contribution is 5.97. The lowest BCUT2D eigenvalue weighted by Crippen LogP contribution is -2.40. The molecule has 0 saturated carbocycles. The molecule has 2 rings (SSSR count). The summed E-state index contributed by atoms with van der Waals surface area (Å²) in [7, 11) is 0. The van der Waals surface area contributed by atoms with Gasteiger partial charge in [0, 0.05) is 18.5 Å². The monoisotopic (exact) mass is 271 g/mol. The molecule has 3 nitrogen and oxygen atoms in total. The zero-order chi connectivity index (χ0) is 14.0. The van der Waals surface area contributed by atoms with Gasteiger partial charge in [0.15, 0.2) is 5.78 Å². The zero-order valence-corrected chi connectivity index (χ0v) is 10.0. The van der Waals surface area contributed by atoms with Crippen LogP contribution < -0.4 is 0 Å². The van der Waals surface area contributed by atoms with E-state index in [0.717, 1.165) is 12.1 Å². The second-order valence-electron chi connectivity index (χ2n) is 4.45. The van der Waals surface area contributed by atoms with E-state index in [1.165, 1.54) is 17.0 Å². The van der Waals surface area contributed by atoms with E-state index in [1.54, 1.807) is 0 Å². The third-order valence-corrected chi connectivity index (χ3v) is 2.97. The van der Waals surface area contributed by atoms with Crippen LogP contribution in [0.3, 0.4) is 0 Å². The maximum absolute atomic E-state index is 12.6. The lowest BCUT2D eigenvalue weighted by atomic mass is 10.1. The van der Waals surface area contributed by atoms with E-state index < -0.39 is 17.6 Å². The number of rotatable bonds is 1. The van der Waals surface area contributed by atoms with Gasteiger partial charge in [0.05, 0.1) is 12.1 Å². The molecule has 0 N–H and O–H groups in total. The van der Waals surface area contributed by atoms with Crippen LogP contribution in [0.1, 0.15) is 28.8 Å². The summed E-state index contributed by atoms with van der Waals surface area (Å²) in [6.45, 7) is 0.385. The minimum atomic E-state index is -4.48. The fraction of sp³-hybridized carbons (Fsp3) is 0.385. The van der Waals surface area contributed by atoms with Crippen LogP contribution in [-0.2, 0) is 11.0 Å². The van der Waals surface area contributed by atoms with Gasteiger partial charge in [-0.3, -0.25) is 9.59 Å². The third-order valence-electron chi connectivity index (χ3n) is 2.97. The number of ketones is 1. The molecule has 0 spiro atoms. The van der Waals surface area contributed by atoms with Crippen molar-refractivity contribution in [3.05, 3.63) is 35.4 Å². The van der Waals surface area contributed by atoms with Crippen molar-refractivity contribution in [2.24, 2.45) is 0 Å². The van der Waals surface area contributed by atoms with Crippen molar-refractivity contribution in [2.45, 2.75) is 19.0 Å². The van der Waals surface area contributed by atoms with Gasteiger partial charge in [0.1, 0.15) is 0 Å². The van der Waals surface area contributed by atoms with Crippen molar-refractivity contribution >= 4 is 11.7 Å². The SMILES string of the molecule is O=C1CCCN(C(=O)c2cccc(C(F)(F)F)c2)C1. The molecule has 0 aromatic heterocycles. The van der Waals surface area contributed by atoms with Crippen LogP contribution in [0.5, 0.6) is 0 Å². The molecule has 1 saturated heterocycles. The second kappa shape index (κ2) is 5.03. The van der Waals surface area contributed by atoms with Gasteiger partial charge in [0.25, 0.3) is 5.91 Å². The Bertz CT molecular complexity index is 511. The number of hydrogen-bond acceptors (Lipinski definition) is 2. The molecule has 1 aromatic rings. The summed E-state index contributed by atoms with van der Waals surface area (Å²) in [4.78, 5) is 24.6. The number of carbonyl (C=O) groups excluding carboxylic acids is 2. The van der Waals surface area contributed by atoms with Crippen LogP contribution in [0.25, 0.3) is 0 Å². The Balaban J connectivity index is 2.22. The summed E-state index contributed by atoms with van der Waals surface area (Å²) >= 11 is 0. The van der Waals surface area contributed by atoms with Gasteiger partial charge < -0.3 is 4.90 Å². The maximum Gasteiger partial charge on any atom is 0.416 e. The first-order valence-corrected chi connectivity index (χ1v) is 5.86. The smallest absolute Gasteiger partial charge is 0.331 e. The number of amides is 1. The van der Waals surface area contributed by atoms with E-state index >= 15 is 0 Å². The normalized spacial score (nSPS) is 16.6. The molecule has 1 amide bonds. The predicted molar refractivity (Wildman–Crippen MR) is 61.6 cm³/mol. The Labute approximate surface area is 108 Å². The first-order valence-electron chi connectivity index (χ1n) is 5.86. The molecule has 1 fully saturated rings. The van der Waals surface area contributed by atoms with E-state index in [9.17, 15) is 22.8 Å². The summed E-state index contributed by atoms with van der Waals surface area (Å²) in [5.41, 5.74) is -0.897. The molecule has 102 valence electrons. The summed E-state index contributed by atoms with van der Waals surface area (Å²) in [6.07, 6.45) is -3.50. The largest absolute Gasteiger partial charge is 0.416 e. The number of piperidine rings is 1. The van der Waals surface area contributed by atoms with Gasteiger partial charge >= 0.3 is 6.18 Å². The minimum absolute atomic E-state index is 0.0188. The minimum Gasteiger partial charge on any atom is -0.331 e. The molecule has 0 unspecified atom stereocenters. The van der Waals surface area contributed by atoms with Crippen LogP contribution in [0.15, 0.2) is 24.3 Å². The third kappa shape index (κ3) is 3.13. The Kier molecular flexibility index (Phi) is 3.59. The van der Waals surface area contributed by atoms with Crippen LogP contribution in [0.2, 0.25) is 0 Å². The molecule has 0 bridgehead atoms. The average molecular weight is 271 g/mol. The predicted octanol–water partition coefficient (Wildman–Crippen LogP) is 2.51. The number of likely N-dealkylation sites (tertiary alicyclic amines) is 1. The fourth-order valence-corrected chi connectivity index (χ4v) is 2.02. The van der Waals surface area contributed by atoms with Gasteiger partial charge in [-0.15, -0.1) is 0 Å². The van der Waals surface area contributed by atoms with Crippen molar-refractivity contribution in [1.82, 2.24) is 4.90 Å². The van der Waals surface area contributed by atoms with Gasteiger partial charge in [-0.1, -0.05) is 6.07 Å². The number of halogens is 3. The molecule has 0 radical (unpaired) electrons. The molecule has 1 heterocycles. The number of Topliss-reactive ketones (excluding diaryl/α,β-unsaturated/α-hetero) is 1. The van der Waals surface area contributed by atoms with E-state index in [-0.39, 0.29) is 17.9 Å². The number of benzene rings is 1. The van der Waals surface area contributed by atoms with E-state index in [2.05, 4.69) is 0 Å². The second-order valence-corrected chi connectivity index (χ2v) is 4.45. The Morgan fingerprint density at radius 3 is 2.63 bits per heavy atom. The summed E-state index contributed by atoms with van der Waals surface area (Å²) in [5.74, 6) is -0.592. The number of nitrogens with zero attached hydrogens (tertiary/aromatic N) is 1. The van der Waals surface area contributed by atoms with Gasteiger partial charge in [-0.05, 0) is 24.6 Å². The molecule has 6 heteroatoms. The Hall–Kier alpha value is -1.85. The highest BCUT2D eigenvalue weighted by Gasteiger charge is 2.31.